The minimum atomic E-state index is -0.616. The highest BCUT2D eigenvalue weighted by atomic mass is 35.5. The number of nitrogens with one attached hydrogen (secondary N) is 2. The molecule has 206 valence electrons. The van der Waals surface area contributed by atoms with E-state index in [0.29, 0.717) is 34.1 Å². The molecule has 4 rings (SSSR count). The number of halogens is 1. The molecule has 0 radical (unpaired) electrons. The van der Waals surface area contributed by atoms with Crippen LogP contribution >= 0.6 is 11.6 Å². The van der Waals surface area contributed by atoms with Crippen LogP contribution in [0, 0.1) is 0 Å². The Morgan fingerprint density at radius 3 is 2.56 bits per heavy atom. The zero-order valence-electron chi connectivity index (χ0n) is 22.5. The van der Waals surface area contributed by atoms with E-state index >= 15 is 0 Å². The summed E-state index contributed by atoms with van der Waals surface area (Å²) in [6.07, 6.45) is 4.53. The molecule has 2 N–H and O–H groups in total. The van der Waals surface area contributed by atoms with Crippen molar-refractivity contribution in [2.24, 2.45) is 0 Å². The monoisotopic (exact) mass is 549 g/mol. The average molecular weight is 550 g/mol. The van der Waals surface area contributed by atoms with Gasteiger partial charge in [0.25, 0.3) is 0 Å². The number of carbonyl (C=O) groups is 2. The Balaban J connectivity index is 1.49. The SMILES string of the molecule is CC1=C(C(=O)NCCCN2CCOCC2)C(c2cccc(Cl)c2)C(C(=O)OCC=Cc2ccccc2)=C(C)N1. The number of morpholine rings is 1. The molecular weight excluding hydrogens is 514 g/mol. The first kappa shape index (κ1) is 28.6. The second-order valence-electron chi connectivity index (χ2n) is 9.67. The van der Waals surface area contributed by atoms with Crippen molar-refractivity contribution in [3.63, 3.8) is 0 Å². The largest absolute Gasteiger partial charge is 0.458 e. The lowest BCUT2D eigenvalue weighted by Crippen LogP contribution is -2.39. The van der Waals surface area contributed by atoms with Gasteiger partial charge >= 0.3 is 5.97 Å². The lowest BCUT2D eigenvalue weighted by molar-refractivity contribution is -0.138. The number of dihydropyridines is 1. The van der Waals surface area contributed by atoms with E-state index in [9.17, 15) is 9.59 Å². The molecule has 2 aliphatic rings. The lowest BCUT2D eigenvalue weighted by atomic mass is 9.80. The quantitative estimate of drug-likeness (QED) is 0.331. The number of benzene rings is 2. The van der Waals surface area contributed by atoms with E-state index < -0.39 is 11.9 Å². The van der Waals surface area contributed by atoms with Crippen LogP contribution in [0.25, 0.3) is 6.08 Å². The van der Waals surface area contributed by atoms with Gasteiger partial charge in [-0.15, -0.1) is 0 Å². The number of ether oxygens (including phenoxy) is 2. The van der Waals surface area contributed by atoms with E-state index in [4.69, 9.17) is 21.1 Å². The predicted molar refractivity (Wildman–Crippen MR) is 154 cm³/mol. The molecule has 2 heterocycles. The van der Waals surface area contributed by atoms with Crippen LogP contribution in [0.2, 0.25) is 5.02 Å². The third-order valence-electron chi connectivity index (χ3n) is 6.87. The molecule has 1 atom stereocenters. The van der Waals surface area contributed by atoms with Gasteiger partial charge in [-0.25, -0.2) is 4.79 Å². The fourth-order valence-corrected chi connectivity index (χ4v) is 5.16. The standard InChI is InChI=1S/C31H36ClN3O4/c1-22-27(30(36)33-14-8-15-35-16-19-38-20-17-35)29(25-12-6-13-26(32)21-25)28(23(2)34-22)31(37)39-18-7-11-24-9-4-3-5-10-24/h3-7,9-13,21,29,34H,8,14-20H2,1-2H3,(H,33,36). The van der Waals surface area contributed by atoms with E-state index in [1.54, 1.807) is 18.2 Å². The molecule has 1 unspecified atom stereocenters. The summed E-state index contributed by atoms with van der Waals surface area (Å²) >= 11 is 6.34. The Labute approximate surface area is 235 Å². The number of allylic oxidation sites excluding steroid dienone is 2. The Bertz CT molecular complexity index is 1250. The van der Waals surface area contributed by atoms with Gasteiger partial charge in [0.1, 0.15) is 6.61 Å². The molecule has 2 aromatic carbocycles. The van der Waals surface area contributed by atoms with Crippen molar-refractivity contribution in [2.75, 3.05) is 46.0 Å². The van der Waals surface area contributed by atoms with Crippen LogP contribution in [-0.4, -0.2) is 62.8 Å². The molecular formula is C31H36ClN3O4. The molecule has 1 amide bonds. The van der Waals surface area contributed by atoms with Crippen molar-refractivity contribution in [2.45, 2.75) is 26.2 Å². The molecule has 0 bridgehead atoms. The van der Waals surface area contributed by atoms with Gasteiger partial charge in [-0.05, 0) is 56.1 Å². The highest BCUT2D eigenvalue weighted by Gasteiger charge is 2.37. The first-order chi connectivity index (χ1) is 18.9. The summed E-state index contributed by atoms with van der Waals surface area (Å²) in [5.74, 6) is -1.31. The number of amides is 1. The van der Waals surface area contributed by atoms with Gasteiger partial charge in [-0.1, -0.05) is 60.1 Å². The van der Waals surface area contributed by atoms with E-state index in [1.807, 2.05) is 62.4 Å². The van der Waals surface area contributed by atoms with Gasteiger partial charge in [0.15, 0.2) is 0 Å². The molecule has 39 heavy (non-hydrogen) atoms. The van der Waals surface area contributed by atoms with E-state index in [0.717, 1.165) is 50.4 Å². The van der Waals surface area contributed by atoms with E-state index in [2.05, 4.69) is 15.5 Å². The summed E-state index contributed by atoms with van der Waals surface area (Å²) in [5, 5.41) is 6.84. The molecule has 2 aliphatic heterocycles. The Kier molecular flexibility index (Phi) is 10.4. The zero-order valence-corrected chi connectivity index (χ0v) is 23.3. The number of nitrogens with zero attached hydrogens (tertiary/aromatic N) is 1. The third kappa shape index (κ3) is 7.82. The molecule has 7 nitrogen and oxygen atoms in total. The first-order valence-corrected chi connectivity index (χ1v) is 13.7. The number of rotatable bonds is 10. The number of hydrogen-bond donors (Lipinski definition) is 2. The molecule has 8 heteroatoms. The van der Waals surface area contributed by atoms with Crippen molar-refractivity contribution in [3.8, 4) is 0 Å². The fourth-order valence-electron chi connectivity index (χ4n) is 4.96. The molecule has 1 saturated heterocycles. The summed E-state index contributed by atoms with van der Waals surface area (Å²) in [6.45, 7) is 8.54. The summed E-state index contributed by atoms with van der Waals surface area (Å²) in [5.41, 5.74) is 4.01. The Morgan fingerprint density at radius 2 is 1.82 bits per heavy atom. The van der Waals surface area contributed by atoms with Gasteiger partial charge in [0.2, 0.25) is 5.91 Å². The smallest absolute Gasteiger partial charge is 0.337 e. The minimum absolute atomic E-state index is 0.110. The highest BCUT2D eigenvalue weighted by Crippen LogP contribution is 2.39. The van der Waals surface area contributed by atoms with Crippen LogP contribution in [0.3, 0.4) is 0 Å². The summed E-state index contributed by atoms with van der Waals surface area (Å²) in [6, 6.07) is 17.1. The molecule has 0 saturated carbocycles. The number of hydrogen-bond acceptors (Lipinski definition) is 6. The van der Waals surface area contributed by atoms with Gasteiger partial charge in [-0.2, -0.15) is 0 Å². The summed E-state index contributed by atoms with van der Waals surface area (Å²) < 4.78 is 11.1. The van der Waals surface area contributed by atoms with Crippen LogP contribution in [0.5, 0.6) is 0 Å². The number of esters is 1. The highest BCUT2D eigenvalue weighted by molar-refractivity contribution is 6.30. The molecule has 0 aromatic heterocycles. The summed E-state index contributed by atoms with van der Waals surface area (Å²) in [4.78, 5) is 29.3. The van der Waals surface area contributed by atoms with Crippen LogP contribution < -0.4 is 10.6 Å². The topological polar surface area (TPSA) is 79.9 Å². The first-order valence-electron chi connectivity index (χ1n) is 13.3. The normalized spacial score (nSPS) is 18.3. The zero-order chi connectivity index (χ0) is 27.6. The Morgan fingerprint density at radius 1 is 1.08 bits per heavy atom. The maximum atomic E-state index is 13.6. The predicted octanol–water partition coefficient (Wildman–Crippen LogP) is 4.67. The molecule has 1 fully saturated rings. The minimum Gasteiger partial charge on any atom is -0.458 e. The van der Waals surface area contributed by atoms with Crippen molar-refractivity contribution in [1.29, 1.82) is 0 Å². The van der Waals surface area contributed by atoms with Crippen molar-refractivity contribution in [1.82, 2.24) is 15.5 Å². The van der Waals surface area contributed by atoms with Crippen LogP contribution in [0.15, 0.2) is 83.2 Å². The second-order valence-corrected chi connectivity index (χ2v) is 10.1. The summed E-state index contributed by atoms with van der Waals surface area (Å²) in [7, 11) is 0. The van der Waals surface area contributed by atoms with Gasteiger partial charge in [0.05, 0.1) is 24.7 Å². The van der Waals surface area contributed by atoms with Gasteiger partial charge < -0.3 is 20.1 Å². The van der Waals surface area contributed by atoms with Crippen molar-refractivity contribution >= 4 is 29.6 Å². The van der Waals surface area contributed by atoms with Crippen LogP contribution in [0.4, 0.5) is 0 Å². The van der Waals surface area contributed by atoms with Gasteiger partial charge in [-0.3, -0.25) is 9.69 Å². The molecule has 2 aromatic rings. The van der Waals surface area contributed by atoms with Gasteiger partial charge in [0, 0.05) is 41.6 Å². The maximum Gasteiger partial charge on any atom is 0.337 e. The van der Waals surface area contributed by atoms with Crippen LogP contribution in [0.1, 0.15) is 37.3 Å². The third-order valence-corrected chi connectivity index (χ3v) is 7.10. The molecule has 0 aliphatic carbocycles. The van der Waals surface area contributed by atoms with E-state index in [-0.39, 0.29) is 12.5 Å². The lowest BCUT2D eigenvalue weighted by Gasteiger charge is -2.31. The van der Waals surface area contributed by atoms with Crippen molar-refractivity contribution < 1.29 is 19.1 Å². The second kappa shape index (κ2) is 14.1. The van der Waals surface area contributed by atoms with Crippen molar-refractivity contribution in [3.05, 3.63) is 99.4 Å². The van der Waals surface area contributed by atoms with Crippen LogP contribution in [-0.2, 0) is 19.1 Å². The Hall–Kier alpha value is -3.39. The van der Waals surface area contributed by atoms with E-state index in [1.165, 1.54) is 0 Å². The fraction of sp³-hybridized carbons (Fsp3) is 0.355. The average Bonchev–Trinajstić information content (AvgIpc) is 2.94. The molecule has 0 spiro atoms. The number of carbonyl (C=O) groups excluding carboxylic acids is 2. The maximum absolute atomic E-state index is 13.6.